The van der Waals surface area contributed by atoms with Gasteiger partial charge in [-0.3, -0.25) is 9.69 Å². The molecule has 7 heteroatoms. The average Bonchev–Trinajstić information content (AvgIpc) is 2.80. The Bertz CT molecular complexity index is 720. The minimum absolute atomic E-state index is 0.0544. The minimum atomic E-state index is -0.0544. The van der Waals surface area contributed by atoms with Gasteiger partial charge in [0.1, 0.15) is 0 Å². The van der Waals surface area contributed by atoms with Crippen molar-refractivity contribution in [2.24, 2.45) is 0 Å². The second kappa shape index (κ2) is 8.00. The van der Waals surface area contributed by atoms with Crippen molar-refractivity contribution in [3.8, 4) is 11.5 Å². The van der Waals surface area contributed by atoms with Crippen molar-refractivity contribution in [3.63, 3.8) is 0 Å². The van der Waals surface area contributed by atoms with Gasteiger partial charge in [0, 0.05) is 24.7 Å². The van der Waals surface area contributed by atoms with E-state index < -0.39 is 0 Å². The summed E-state index contributed by atoms with van der Waals surface area (Å²) in [6.45, 7) is 2.34. The number of halogens is 1. The van der Waals surface area contributed by atoms with Crippen molar-refractivity contribution < 1.29 is 14.3 Å². The molecule has 2 heterocycles. The molecule has 0 spiro atoms. The van der Waals surface area contributed by atoms with E-state index in [0.29, 0.717) is 25.5 Å². The number of benzene rings is 1. The number of hydrogen-bond donors (Lipinski definition) is 1. The largest absolute Gasteiger partial charge is 0.490 e. The normalized spacial score (nSPS) is 13.6. The quantitative estimate of drug-likeness (QED) is 0.815. The van der Waals surface area contributed by atoms with Crippen LogP contribution in [-0.2, 0) is 11.3 Å². The smallest absolute Gasteiger partial charge is 0.238 e. The number of nitrogens with zero attached hydrogens (tertiary/aromatic N) is 1. The molecule has 1 N–H and O–H groups in total. The maximum absolute atomic E-state index is 12.2. The number of carbonyl (C=O) groups is 1. The molecule has 128 valence electrons. The van der Waals surface area contributed by atoms with Crippen LogP contribution >= 0.6 is 27.3 Å². The first-order chi connectivity index (χ1) is 11.6. The van der Waals surface area contributed by atoms with Gasteiger partial charge >= 0.3 is 0 Å². The van der Waals surface area contributed by atoms with Gasteiger partial charge < -0.3 is 14.8 Å². The maximum atomic E-state index is 12.2. The fourth-order valence-corrected chi connectivity index (χ4v) is 3.68. The maximum Gasteiger partial charge on any atom is 0.238 e. The lowest BCUT2D eigenvalue weighted by Crippen LogP contribution is -2.29. The van der Waals surface area contributed by atoms with Crippen molar-refractivity contribution in [2.75, 3.05) is 32.1 Å². The zero-order valence-corrected chi connectivity index (χ0v) is 15.8. The van der Waals surface area contributed by atoms with E-state index >= 15 is 0 Å². The third kappa shape index (κ3) is 4.72. The molecule has 0 saturated heterocycles. The molecule has 0 atom stereocenters. The van der Waals surface area contributed by atoms with E-state index in [0.717, 1.165) is 28.2 Å². The molecule has 1 amide bonds. The Labute approximate surface area is 153 Å². The molecule has 0 radical (unpaired) electrons. The van der Waals surface area contributed by atoms with Gasteiger partial charge in [-0.2, -0.15) is 0 Å². The van der Waals surface area contributed by atoms with Crippen molar-refractivity contribution in [3.05, 3.63) is 39.0 Å². The molecule has 1 aliphatic heterocycles. The Morgan fingerprint density at radius 3 is 2.83 bits per heavy atom. The monoisotopic (exact) mass is 410 g/mol. The lowest BCUT2D eigenvalue weighted by atomic mass is 10.2. The molecule has 0 unspecified atom stereocenters. The number of amides is 1. The predicted molar refractivity (Wildman–Crippen MR) is 99.0 cm³/mol. The molecule has 3 rings (SSSR count). The van der Waals surface area contributed by atoms with Crippen LogP contribution in [0.1, 0.15) is 12.0 Å². The van der Waals surface area contributed by atoms with Gasteiger partial charge in [-0.25, -0.2) is 0 Å². The Morgan fingerprint density at radius 2 is 2.08 bits per heavy atom. The van der Waals surface area contributed by atoms with E-state index in [-0.39, 0.29) is 5.91 Å². The second-order valence-electron chi connectivity index (χ2n) is 5.69. The molecule has 0 aliphatic carbocycles. The highest BCUT2D eigenvalue weighted by Crippen LogP contribution is 2.32. The molecule has 24 heavy (non-hydrogen) atoms. The summed E-state index contributed by atoms with van der Waals surface area (Å²) in [5.41, 5.74) is 1.91. The molecule has 1 aromatic heterocycles. The number of rotatable bonds is 5. The Morgan fingerprint density at radius 1 is 1.29 bits per heavy atom. The highest BCUT2D eigenvalue weighted by molar-refractivity contribution is 9.11. The summed E-state index contributed by atoms with van der Waals surface area (Å²) in [4.78, 5) is 14.2. The molecule has 5 nitrogen and oxygen atoms in total. The van der Waals surface area contributed by atoms with Crippen molar-refractivity contribution in [1.82, 2.24) is 4.90 Å². The van der Waals surface area contributed by atoms with Gasteiger partial charge in [0.25, 0.3) is 0 Å². The number of thiophene rings is 1. The number of fused-ring (bicyclic) bond motifs is 1. The highest BCUT2D eigenvalue weighted by atomic mass is 79.9. The summed E-state index contributed by atoms with van der Waals surface area (Å²) < 4.78 is 12.3. The van der Waals surface area contributed by atoms with Gasteiger partial charge in [0.05, 0.1) is 23.5 Å². The van der Waals surface area contributed by atoms with Gasteiger partial charge in [-0.15, -0.1) is 11.3 Å². The van der Waals surface area contributed by atoms with Crippen LogP contribution in [0.2, 0.25) is 0 Å². The zero-order valence-electron chi connectivity index (χ0n) is 13.4. The highest BCUT2D eigenvalue weighted by Gasteiger charge is 2.13. The molecule has 1 aliphatic rings. The van der Waals surface area contributed by atoms with E-state index in [1.807, 2.05) is 30.1 Å². The first kappa shape index (κ1) is 17.3. The van der Waals surface area contributed by atoms with Gasteiger partial charge in [-0.05, 0) is 52.1 Å². The van der Waals surface area contributed by atoms with Crippen LogP contribution in [0.15, 0.2) is 33.4 Å². The third-order valence-corrected chi connectivity index (χ3v) is 5.07. The lowest BCUT2D eigenvalue weighted by Gasteiger charge is -2.16. The zero-order chi connectivity index (χ0) is 16.9. The van der Waals surface area contributed by atoms with Crippen LogP contribution in [0.5, 0.6) is 11.5 Å². The van der Waals surface area contributed by atoms with Crippen LogP contribution in [0.3, 0.4) is 0 Å². The first-order valence-corrected chi connectivity index (χ1v) is 9.38. The van der Waals surface area contributed by atoms with E-state index in [9.17, 15) is 4.79 Å². The van der Waals surface area contributed by atoms with Crippen molar-refractivity contribution in [1.29, 1.82) is 0 Å². The Hall–Kier alpha value is -1.57. The van der Waals surface area contributed by atoms with Crippen LogP contribution < -0.4 is 14.8 Å². The molecule has 1 aromatic carbocycles. The van der Waals surface area contributed by atoms with Crippen molar-refractivity contribution in [2.45, 2.75) is 13.0 Å². The minimum Gasteiger partial charge on any atom is -0.490 e. The third-order valence-electron chi connectivity index (χ3n) is 3.52. The summed E-state index contributed by atoms with van der Waals surface area (Å²) in [6.07, 6.45) is 0.861. The molecule has 0 saturated carbocycles. The summed E-state index contributed by atoms with van der Waals surface area (Å²) in [6, 6.07) is 7.56. The van der Waals surface area contributed by atoms with E-state index in [1.165, 1.54) is 5.56 Å². The molecular formula is C17H19BrN2O3S. The summed E-state index contributed by atoms with van der Waals surface area (Å²) >= 11 is 5.10. The second-order valence-corrected chi connectivity index (χ2v) is 7.98. The summed E-state index contributed by atoms with van der Waals surface area (Å²) in [5, 5.41) is 5.00. The molecule has 0 bridgehead atoms. The SMILES string of the molecule is CN(CC(=O)Nc1ccc2c(c1)OCCCO2)Cc1csc(Br)c1. The van der Waals surface area contributed by atoms with E-state index in [1.54, 1.807) is 11.3 Å². The number of nitrogens with one attached hydrogen (secondary N) is 1. The number of hydrogen-bond acceptors (Lipinski definition) is 5. The molecule has 2 aromatic rings. The lowest BCUT2D eigenvalue weighted by molar-refractivity contribution is -0.117. The van der Waals surface area contributed by atoms with Gasteiger partial charge in [0.15, 0.2) is 11.5 Å². The number of ether oxygens (including phenoxy) is 2. The number of likely N-dealkylation sites (N-methyl/N-ethyl adjacent to an activating group) is 1. The Balaban J connectivity index is 1.55. The van der Waals surface area contributed by atoms with Crippen LogP contribution in [0.25, 0.3) is 0 Å². The Kier molecular flexibility index (Phi) is 5.76. The van der Waals surface area contributed by atoms with E-state index in [2.05, 4.69) is 32.7 Å². The fourth-order valence-electron chi connectivity index (χ4n) is 2.48. The van der Waals surface area contributed by atoms with Gasteiger partial charge in [-0.1, -0.05) is 0 Å². The molecule has 0 fully saturated rings. The number of anilines is 1. The van der Waals surface area contributed by atoms with Crippen LogP contribution in [0, 0.1) is 0 Å². The van der Waals surface area contributed by atoms with Crippen LogP contribution in [0.4, 0.5) is 5.69 Å². The van der Waals surface area contributed by atoms with Gasteiger partial charge in [0.2, 0.25) is 5.91 Å². The predicted octanol–water partition coefficient (Wildman–Crippen LogP) is 3.74. The molecular weight excluding hydrogens is 392 g/mol. The standard InChI is InChI=1S/C17H19BrN2O3S/c1-20(9-12-7-16(18)24-11-12)10-17(21)19-13-3-4-14-15(8-13)23-6-2-5-22-14/h3-4,7-8,11H,2,5-6,9-10H2,1H3,(H,19,21). The summed E-state index contributed by atoms with van der Waals surface area (Å²) in [5.74, 6) is 1.36. The summed E-state index contributed by atoms with van der Waals surface area (Å²) in [7, 11) is 1.93. The first-order valence-electron chi connectivity index (χ1n) is 7.71. The van der Waals surface area contributed by atoms with E-state index in [4.69, 9.17) is 9.47 Å². The topological polar surface area (TPSA) is 50.8 Å². The van der Waals surface area contributed by atoms with Crippen molar-refractivity contribution >= 4 is 38.9 Å². The van der Waals surface area contributed by atoms with Crippen LogP contribution in [-0.4, -0.2) is 37.6 Å². The number of carbonyl (C=O) groups excluding carboxylic acids is 1. The fraction of sp³-hybridized carbons (Fsp3) is 0.353. The average molecular weight is 411 g/mol.